The van der Waals surface area contributed by atoms with E-state index in [-0.39, 0.29) is 12.1 Å². The van der Waals surface area contributed by atoms with Crippen LogP contribution in [-0.2, 0) is 4.74 Å². The number of hydrogen-bond donors (Lipinski definition) is 3. The van der Waals surface area contributed by atoms with E-state index < -0.39 is 12.2 Å². The van der Waals surface area contributed by atoms with Crippen molar-refractivity contribution in [2.45, 2.75) is 38.5 Å². The van der Waals surface area contributed by atoms with E-state index in [4.69, 9.17) is 4.74 Å². The van der Waals surface area contributed by atoms with E-state index in [1.54, 1.807) is 13.8 Å². The number of piperidine rings is 1. The summed E-state index contributed by atoms with van der Waals surface area (Å²) in [7, 11) is 0. The molecule has 0 bridgehead atoms. The molecular weight excluding hydrogens is 184 g/mol. The Kier molecular flexibility index (Phi) is 4.16. The highest BCUT2D eigenvalue weighted by Crippen LogP contribution is 2.04. The van der Waals surface area contributed by atoms with Crippen molar-refractivity contribution < 1.29 is 14.6 Å². The molecule has 0 aliphatic carbocycles. The second-order valence-corrected chi connectivity index (χ2v) is 3.77. The van der Waals surface area contributed by atoms with Crippen molar-refractivity contribution in [2.75, 3.05) is 13.1 Å². The first kappa shape index (κ1) is 11.3. The minimum absolute atomic E-state index is 0.131. The highest BCUT2D eigenvalue weighted by atomic mass is 16.6. The number of hydrogen-bond acceptors (Lipinski definition) is 4. The fraction of sp³-hybridized carbons (Fsp3) is 0.889. The molecule has 1 heterocycles. The first-order valence-electron chi connectivity index (χ1n) is 4.95. The zero-order chi connectivity index (χ0) is 10.6. The number of ether oxygens (including phenoxy) is 1. The Labute approximate surface area is 83.8 Å². The average molecular weight is 202 g/mol. The number of amides is 1. The second-order valence-electron chi connectivity index (χ2n) is 3.77. The van der Waals surface area contributed by atoms with E-state index in [9.17, 15) is 9.90 Å². The fourth-order valence-electron chi connectivity index (χ4n) is 1.41. The predicted molar refractivity (Wildman–Crippen MR) is 52.0 cm³/mol. The number of aliphatic hydroxyl groups is 1. The lowest BCUT2D eigenvalue weighted by atomic mass is 10.0. The number of carbonyl (C=O) groups is 1. The normalized spacial score (nSPS) is 27.4. The van der Waals surface area contributed by atoms with Crippen LogP contribution in [0.2, 0.25) is 0 Å². The summed E-state index contributed by atoms with van der Waals surface area (Å²) < 4.78 is 4.92. The molecule has 1 aliphatic heterocycles. The minimum Gasteiger partial charge on any atom is -0.447 e. The van der Waals surface area contributed by atoms with Crippen LogP contribution in [0, 0.1) is 0 Å². The SMILES string of the molecule is CC(C)OC(=O)NC1CCNCC1O. The lowest BCUT2D eigenvalue weighted by Crippen LogP contribution is -2.53. The van der Waals surface area contributed by atoms with Gasteiger partial charge in [-0.05, 0) is 26.8 Å². The predicted octanol–water partition coefficient (Wildman–Crippen LogP) is -0.156. The molecule has 0 aromatic carbocycles. The number of carbonyl (C=O) groups excluding carboxylic acids is 1. The second kappa shape index (κ2) is 5.17. The molecule has 0 radical (unpaired) electrons. The highest BCUT2D eigenvalue weighted by molar-refractivity contribution is 5.67. The maximum atomic E-state index is 11.2. The number of rotatable bonds is 2. The van der Waals surface area contributed by atoms with Crippen LogP contribution in [0.25, 0.3) is 0 Å². The van der Waals surface area contributed by atoms with Crippen molar-refractivity contribution >= 4 is 6.09 Å². The first-order chi connectivity index (χ1) is 6.59. The number of alkyl carbamates (subject to hydrolysis) is 1. The summed E-state index contributed by atoms with van der Waals surface area (Å²) in [6.45, 7) is 4.91. The van der Waals surface area contributed by atoms with E-state index in [1.807, 2.05) is 0 Å². The van der Waals surface area contributed by atoms with Crippen LogP contribution in [0.3, 0.4) is 0 Å². The van der Waals surface area contributed by atoms with Crippen LogP contribution in [-0.4, -0.2) is 42.5 Å². The molecule has 0 spiro atoms. The van der Waals surface area contributed by atoms with E-state index in [1.165, 1.54) is 0 Å². The van der Waals surface area contributed by atoms with Gasteiger partial charge in [-0.3, -0.25) is 0 Å². The van der Waals surface area contributed by atoms with Crippen LogP contribution in [0.1, 0.15) is 20.3 Å². The van der Waals surface area contributed by atoms with Gasteiger partial charge in [0.05, 0.1) is 18.2 Å². The number of aliphatic hydroxyl groups excluding tert-OH is 1. The lowest BCUT2D eigenvalue weighted by Gasteiger charge is -2.28. The zero-order valence-electron chi connectivity index (χ0n) is 8.62. The molecule has 1 fully saturated rings. The topological polar surface area (TPSA) is 70.6 Å². The van der Waals surface area contributed by atoms with Crippen molar-refractivity contribution in [3.05, 3.63) is 0 Å². The van der Waals surface area contributed by atoms with E-state index in [2.05, 4.69) is 10.6 Å². The average Bonchev–Trinajstić information content (AvgIpc) is 2.07. The summed E-state index contributed by atoms with van der Waals surface area (Å²) in [4.78, 5) is 11.2. The van der Waals surface area contributed by atoms with E-state index in [0.29, 0.717) is 6.54 Å². The molecule has 1 amide bonds. The molecule has 0 aromatic rings. The Balaban J connectivity index is 2.31. The summed E-state index contributed by atoms with van der Waals surface area (Å²) in [6, 6.07) is -0.192. The Morgan fingerprint density at radius 3 is 2.93 bits per heavy atom. The van der Waals surface area contributed by atoms with Crippen LogP contribution in [0.15, 0.2) is 0 Å². The maximum absolute atomic E-state index is 11.2. The van der Waals surface area contributed by atoms with Crippen LogP contribution >= 0.6 is 0 Å². The van der Waals surface area contributed by atoms with Gasteiger partial charge < -0.3 is 20.5 Å². The van der Waals surface area contributed by atoms with Gasteiger partial charge in [0.2, 0.25) is 0 Å². The van der Waals surface area contributed by atoms with Crippen molar-refractivity contribution in [3.8, 4) is 0 Å². The van der Waals surface area contributed by atoms with E-state index in [0.717, 1.165) is 13.0 Å². The van der Waals surface area contributed by atoms with Gasteiger partial charge in [0.15, 0.2) is 0 Å². The van der Waals surface area contributed by atoms with Gasteiger partial charge in [-0.15, -0.1) is 0 Å². The van der Waals surface area contributed by atoms with Crippen LogP contribution in [0.4, 0.5) is 4.79 Å². The van der Waals surface area contributed by atoms with Gasteiger partial charge in [-0.1, -0.05) is 0 Å². The smallest absolute Gasteiger partial charge is 0.407 e. The van der Waals surface area contributed by atoms with Crippen molar-refractivity contribution in [2.24, 2.45) is 0 Å². The largest absolute Gasteiger partial charge is 0.447 e. The Morgan fingerprint density at radius 2 is 2.36 bits per heavy atom. The molecule has 82 valence electrons. The molecule has 0 aromatic heterocycles. The third-order valence-corrected chi connectivity index (χ3v) is 2.10. The molecule has 5 heteroatoms. The number of nitrogens with one attached hydrogen (secondary N) is 2. The van der Waals surface area contributed by atoms with E-state index >= 15 is 0 Å². The summed E-state index contributed by atoms with van der Waals surface area (Å²) >= 11 is 0. The molecule has 1 saturated heterocycles. The van der Waals surface area contributed by atoms with Gasteiger partial charge in [-0.25, -0.2) is 4.79 Å². The van der Waals surface area contributed by atoms with Gasteiger partial charge in [0.25, 0.3) is 0 Å². The molecule has 3 N–H and O–H groups in total. The van der Waals surface area contributed by atoms with Crippen LogP contribution in [0.5, 0.6) is 0 Å². The summed E-state index contributed by atoms with van der Waals surface area (Å²) in [5, 5.41) is 15.2. The zero-order valence-corrected chi connectivity index (χ0v) is 8.62. The quantitative estimate of drug-likeness (QED) is 0.582. The molecule has 14 heavy (non-hydrogen) atoms. The third-order valence-electron chi connectivity index (χ3n) is 2.10. The Bertz CT molecular complexity index is 196. The Morgan fingerprint density at radius 1 is 1.64 bits per heavy atom. The molecule has 1 aliphatic rings. The molecular formula is C9H18N2O3. The molecule has 0 saturated carbocycles. The van der Waals surface area contributed by atoms with Crippen molar-refractivity contribution in [1.82, 2.24) is 10.6 Å². The standard InChI is InChI=1S/C9H18N2O3/c1-6(2)14-9(13)11-7-3-4-10-5-8(7)12/h6-8,10,12H,3-5H2,1-2H3,(H,11,13). The minimum atomic E-state index is -0.525. The molecule has 5 nitrogen and oxygen atoms in total. The van der Waals surface area contributed by atoms with Crippen LogP contribution < -0.4 is 10.6 Å². The van der Waals surface area contributed by atoms with Crippen molar-refractivity contribution in [1.29, 1.82) is 0 Å². The van der Waals surface area contributed by atoms with Gasteiger partial charge in [-0.2, -0.15) is 0 Å². The summed E-state index contributed by atoms with van der Waals surface area (Å²) in [5.41, 5.74) is 0. The lowest BCUT2D eigenvalue weighted by molar-refractivity contribution is 0.0777. The number of β-amino-alcohol motifs (C(OH)–C–C–N with tert-alkyl or cyclic N) is 1. The van der Waals surface area contributed by atoms with Crippen molar-refractivity contribution in [3.63, 3.8) is 0 Å². The summed E-state index contributed by atoms with van der Waals surface area (Å²) in [5.74, 6) is 0. The maximum Gasteiger partial charge on any atom is 0.407 e. The highest BCUT2D eigenvalue weighted by Gasteiger charge is 2.24. The Hall–Kier alpha value is -0.810. The monoisotopic (exact) mass is 202 g/mol. The first-order valence-corrected chi connectivity index (χ1v) is 4.95. The van der Waals surface area contributed by atoms with Gasteiger partial charge >= 0.3 is 6.09 Å². The fourth-order valence-corrected chi connectivity index (χ4v) is 1.41. The summed E-state index contributed by atoms with van der Waals surface area (Å²) in [6.07, 6.45) is -0.378. The third kappa shape index (κ3) is 3.51. The van der Waals surface area contributed by atoms with Gasteiger partial charge in [0, 0.05) is 6.54 Å². The molecule has 1 rings (SSSR count). The molecule has 2 unspecified atom stereocenters. The molecule has 2 atom stereocenters. The van der Waals surface area contributed by atoms with Gasteiger partial charge in [0.1, 0.15) is 0 Å².